The predicted octanol–water partition coefficient (Wildman–Crippen LogP) is 4.35. The van der Waals surface area contributed by atoms with E-state index in [2.05, 4.69) is 65.0 Å². The molecule has 0 aromatic heterocycles. The van der Waals surface area contributed by atoms with Crippen LogP contribution >= 0.6 is 54.5 Å². The Hall–Kier alpha value is -1.13. The van der Waals surface area contributed by atoms with Gasteiger partial charge in [-0.05, 0) is 68.3 Å². The molecule has 1 N–H and O–H groups in total. The molecule has 8 heteroatoms. The summed E-state index contributed by atoms with van der Waals surface area (Å²) in [5, 5.41) is 3.92. The number of nitrogens with zero attached hydrogens (tertiary/aromatic N) is 1. The van der Waals surface area contributed by atoms with Crippen molar-refractivity contribution < 1.29 is 14.3 Å². The number of ether oxygens (including phenoxy) is 2. The van der Waals surface area contributed by atoms with Gasteiger partial charge in [0.1, 0.15) is 0 Å². The molecule has 0 saturated heterocycles. The number of carbonyl (C=O) groups excluding carboxylic acids is 1. The molecule has 0 spiro atoms. The lowest BCUT2D eigenvalue weighted by molar-refractivity contribution is -0.123. The number of nitrogens with one attached hydrogen (secondary N) is 1. The lowest BCUT2D eigenvalue weighted by atomic mass is 10.2. The number of hydrogen-bond donors (Lipinski definition) is 1. The molecular weight excluding hydrogens is 555 g/mol. The van der Waals surface area contributed by atoms with Crippen LogP contribution in [0.3, 0.4) is 0 Å². The first-order chi connectivity index (χ1) is 11.5. The van der Waals surface area contributed by atoms with Crippen molar-refractivity contribution in [1.82, 2.24) is 5.43 Å². The van der Waals surface area contributed by atoms with E-state index >= 15 is 0 Å². The molecule has 2 aromatic carbocycles. The summed E-state index contributed by atoms with van der Waals surface area (Å²) in [5.41, 5.74) is 3.33. The molecule has 0 fully saturated rings. The van der Waals surface area contributed by atoms with E-state index in [-0.39, 0.29) is 12.5 Å². The molecule has 0 saturated carbocycles. The summed E-state index contributed by atoms with van der Waals surface area (Å²) in [6.07, 6.45) is 1.58. The van der Waals surface area contributed by atoms with Crippen LogP contribution in [-0.2, 0) is 4.79 Å². The molecule has 2 aromatic rings. The van der Waals surface area contributed by atoms with E-state index in [1.54, 1.807) is 12.3 Å². The Kier molecular flexibility index (Phi) is 7.50. The second-order valence-corrected chi connectivity index (χ2v) is 7.57. The zero-order chi connectivity index (χ0) is 17.5. The van der Waals surface area contributed by atoms with E-state index in [4.69, 9.17) is 9.47 Å². The van der Waals surface area contributed by atoms with Gasteiger partial charge in [-0.1, -0.05) is 28.1 Å². The van der Waals surface area contributed by atoms with Gasteiger partial charge in [-0.2, -0.15) is 5.10 Å². The number of halogens is 3. The zero-order valence-corrected chi connectivity index (χ0v) is 17.9. The third kappa shape index (κ3) is 5.75. The van der Waals surface area contributed by atoms with Gasteiger partial charge < -0.3 is 9.47 Å². The van der Waals surface area contributed by atoms with Gasteiger partial charge in [0.15, 0.2) is 18.1 Å². The minimum absolute atomic E-state index is 0.180. The van der Waals surface area contributed by atoms with Crippen LogP contribution in [0, 0.1) is 3.57 Å². The first kappa shape index (κ1) is 19.2. The molecule has 0 bridgehead atoms. The molecule has 1 amide bonds. The van der Waals surface area contributed by atoms with Crippen LogP contribution in [0.15, 0.2) is 50.4 Å². The number of carbonyl (C=O) groups is 1. The average Bonchev–Trinajstić information content (AvgIpc) is 2.53. The maximum absolute atomic E-state index is 11.8. The molecule has 126 valence electrons. The van der Waals surface area contributed by atoms with Gasteiger partial charge in [0.2, 0.25) is 0 Å². The molecular formula is C16H13Br2IN2O3. The summed E-state index contributed by atoms with van der Waals surface area (Å²) in [5.74, 6) is 0.609. The number of rotatable bonds is 6. The Bertz CT molecular complexity index is 769. The van der Waals surface area contributed by atoms with Crippen molar-refractivity contribution in [2.24, 2.45) is 5.10 Å². The van der Waals surface area contributed by atoms with Crippen molar-refractivity contribution in [1.29, 1.82) is 0 Å². The van der Waals surface area contributed by atoms with Crippen LogP contribution in [0.5, 0.6) is 11.5 Å². The fourth-order valence-electron chi connectivity index (χ4n) is 1.76. The number of hydrogen-bond acceptors (Lipinski definition) is 4. The fraction of sp³-hybridized carbons (Fsp3) is 0.125. The SMILES string of the molecule is COc1cc(Br)cc(Br)c1OCC(=O)NN=Cc1cccc(I)c1. The molecule has 5 nitrogen and oxygen atoms in total. The molecule has 0 aliphatic heterocycles. The first-order valence-electron chi connectivity index (χ1n) is 6.73. The Morgan fingerprint density at radius 1 is 1.33 bits per heavy atom. The van der Waals surface area contributed by atoms with Crippen LogP contribution in [0.4, 0.5) is 0 Å². The summed E-state index contributed by atoms with van der Waals surface area (Å²) >= 11 is 8.96. The second-order valence-electron chi connectivity index (χ2n) is 4.56. The lowest BCUT2D eigenvalue weighted by Gasteiger charge is -2.12. The Labute approximate surface area is 170 Å². The standard InChI is InChI=1S/C16H13Br2IN2O3/c1-23-14-7-11(17)6-13(18)16(14)24-9-15(22)21-20-8-10-3-2-4-12(19)5-10/h2-8H,9H2,1H3,(H,21,22). The Morgan fingerprint density at radius 2 is 2.12 bits per heavy atom. The third-order valence-electron chi connectivity index (χ3n) is 2.79. The highest BCUT2D eigenvalue weighted by Gasteiger charge is 2.12. The molecule has 2 rings (SSSR count). The van der Waals surface area contributed by atoms with E-state index < -0.39 is 0 Å². The van der Waals surface area contributed by atoms with E-state index in [0.717, 1.165) is 13.6 Å². The van der Waals surface area contributed by atoms with Gasteiger partial charge >= 0.3 is 0 Å². The van der Waals surface area contributed by atoms with Crippen molar-refractivity contribution in [2.75, 3.05) is 13.7 Å². The molecule has 24 heavy (non-hydrogen) atoms. The maximum atomic E-state index is 11.8. The van der Waals surface area contributed by atoms with Crippen molar-refractivity contribution in [3.8, 4) is 11.5 Å². The first-order valence-corrected chi connectivity index (χ1v) is 9.39. The second kappa shape index (κ2) is 9.38. The quantitative estimate of drug-likeness (QED) is 0.321. The van der Waals surface area contributed by atoms with Crippen LogP contribution in [0.1, 0.15) is 5.56 Å². The van der Waals surface area contributed by atoms with E-state index in [9.17, 15) is 4.79 Å². The third-order valence-corrected chi connectivity index (χ3v) is 4.51. The number of benzene rings is 2. The zero-order valence-electron chi connectivity index (χ0n) is 12.6. The van der Waals surface area contributed by atoms with Gasteiger partial charge in [-0.25, -0.2) is 5.43 Å². The highest BCUT2D eigenvalue weighted by atomic mass is 127. The van der Waals surface area contributed by atoms with Gasteiger partial charge in [-0.15, -0.1) is 0 Å². The van der Waals surface area contributed by atoms with E-state index in [0.29, 0.717) is 16.0 Å². The summed E-state index contributed by atoms with van der Waals surface area (Å²) in [7, 11) is 1.53. The molecule has 0 atom stereocenters. The number of amides is 1. The highest BCUT2D eigenvalue weighted by molar-refractivity contribution is 14.1. The van der Waals surface area contributed by atoms with Crippen LogP contribution < -0.4 is 14.9 Å². The molecule has 0 unspecified atom stereocenters. The van der Waals surface area contributed by atoms with Crippen molar-refractivity contribution in [3.63, 3.8) is 0 Å². The minimum atomic E-state index is -0.367. The van der Waals surface area contributed by atoms with Crippen molar-refractivity contribution in [2.45, 2.75) is 0 Å². The Morgan fingerprint density at radius 3 is 2.83 bits per heavy atom. The van der Waals surface area contributed by atoms with Gasteiger partial charge in [0.25, 0.3) is 5.91 Å². The molecule has 0 radical (unpaired) electrons. The molecule has 0 aliphatic carbocycles. The summed E-state index contributed by atoms with van der Waals surface area (Å²) < 4.78 is 13.4. The van der Waals surface area contributed by atoms with Crippen LogP contribution in [0.25, 0.3) is 0 Å². The van der Waals surface area contributed by atoms with Crippen molar-refractivity contribution >= 4 is 66.6 Å². The van der Waals surface area contributed by atoms with Crippen LogP contribution in [0.2, 0.25) is 0 Å². The molecule has 0 heterocycles. The molecule has 0 aliphatic rings. The minimum Gasteiger partial charge on any atom is -0.493 e. The largest absolute Gasteiger partial charge is 0.493 e. The lowest BCUT2D eigenvalue weighted by Crippen LogP contribution is -2.24. The maximum Gasteiger partial charge on any atom is 0.277 e. The van der Waals surface area contributed by atoms with Gasteiger partial charge in [-0.3, -0.25) is 4.79 Å². The van der Waals surface area contributed by atoms with E-state index in [1.165, 1.54) is 7.11 Å². The highest BCUT2D eigenvalue weighted by Crippen LogP contribution is 2.38. The summed E-state index contributed by atoms with van der Waals surface area (Å²) in [6.45, 7) is -0.180. The average molecular weight is 568 g/mol. The van der Waals surface area contributed by atoms with Gasteiger partial charge in [0.05, 0.1) is 17.8 Å². The number of hydrazone groups is 1. The monoisotopic (exact) mass is 566 g/mol. The smallest absolute Gasteiger partial charge is 0.277 e. The van der Waals surface area contributed by atoms with Gasteiger partial charge in [0, 0.05) is 8.04 Å². The fourth-order valence-corrected chi connectivity index (χ4v) is 3.63. The normalized spacial score (nSPS) is 10.7. The number of methoxy groups -OCH3 is 1. The topological polar surface area (TPSA) is 59.9 Å². The summed E-state index contributed by atoms with van der Waals surface area (Å²) in [6, 6.07) is 11.3. The summed E-state index contributed by atoms with van der Waals surface area (Å²) in [4.78, 5) is 11.8. The van der Waals surface area contributed by atoms with E-state index in [1.807, 2.05) is 30.3 Å². The predicted molar refractivity (Wildman–Crippen MR) is 109 cm³/mol. The Balaban J connectivity index is 1.92. The van der Waals surface area contributed by atoms with Crippen LogP contribution in [-0.4, -0.2) is 25.8 Å². The van der Waals surface area contributed by atoms with Crippen molar-refractivity contribution in [3.05, 3.63) is 54.5 Å².